The zero-order chi connectivity index (χ0) is 23.9. The molecular formula is C30H30BNO2. The Balaban J connectivity index is 1.62. The van der Waals surface area contributed by atoms with Crippen molar-refractivity contribution in [2.24, 2.45) is 5.73 Å². The Morgan fingerprint density at radius 3 is 1.97 bits per heavy atom. The molecule has 0 radical (unpaired) electrons. The summed E-state index contributed by atoms with van der Waals surface area (Å²) in [6.07, 6.45) is 4.18. The lowest BCUT2D eigenvalue weighted by molar-refractivity contribution is 0.433. The highest BCUT2D eigenvalue weighted by atomic mass is 16.5. The summed E-state index contributed by atoms with van der Waals surface area (Å²) in [5, 5.41) is 0.268. The number of nitrogens with two attached hydrogens (primary N) is 1. The first-order chi connectivity index (χ1) is 16.2. The SMILES string of the molecule is C/C=C\C1=C(N)C2(c3ccccc3Oc3ccccc32)c2cc(OB3C(C)(C)C3(C)C)ccc21. The molecule has 3 aromatic carbocycles. The van der Waals surface area contributed by atoms with Gasteiger partial charge in [-0.3, -0.25) is 0 Å². The number of allylic oxidation sites excluding steroid dienone is 4. The quantitative estimate of drug-likeness (QED) is 0.428. The Bertz CT molecular complexity index is 1340. The summed E-state index contributed by atoms with van der Waals surface area (Å²) in [4.78, 5) is 0. The minimum atomic E-state index is -0.635. The summed E-state index contributed by atoms with van der Waals surface area (Å²) in [5.41, 5.74) is 12.8. The van der Waals surface area contributed by atoms with E-state index in [1.165, 1.54) is 0 Å². The van der Waals surface area contributed by atoms with Crippen molar-refractivity contribution in [3.63, 3.8) is 0 Å². The van der Waals surface area contributed by atoms with Crippen LogP contribution in [0.2, 0.25) is 10.6 Å². The Kier molecular flexibility index (Phi) is 4.24. The van der Waals surface area contributed by atoms with E-state index in [0.717, 1.165) is 50.8 Å². The van der Waals surface area contributed by atoms with Crippen LogP contribution in [0.3, 0.4) is 0 Å². The van der Waals surface area contributed by atoms with Crippen molar-refractivity contribution < 1.29 is 9.39 Å². The summed E-state index contributed by atoms with van der Waals surface area (Å²) < 4.78 is 13.0. The van der Waals surface area contributed by atoms with Gasteiger partial charge >= 0.3 is 6.92 Å². The fourth-order valence-electron chi connectivity index (χ4n) is 6.12. The second-order valence-corrected chi connectivity index (χ2v) is 10.8. The highest BCUT2D eigenvalue weighted by Crippen LogP contribution is 2.73. The molecule has 2 N–H and O–H groups in total. The molecule has 170 valence electrons. The van der Waals surface area contributed by atoms with E-state index in [-0.39, 0.29) is 17.5 Å². The molecule has 0 unspecified atom stereocenters. The van der Waals surface area contributed by atoms with E-state index in [2.05, 4.69) is 82.3 Å². The van der Waals surface area contributed by atoms with E-state index in [0.29, 0.717) is 0 Å². The van der Waals surface area contributed by atoms with E-state index in [1.54, 1.807) is 0 Å². The van der Waals surface area contributed by atoms with Crippen LogP contribution in [0.4, 0.5) is 0 Å². The zero-order valence-electron chi connectivity index (χ0n) is 20.5. The van der Waals surface area contributed by atoms with Gasteiger partial charge in [-0.1, -0.05) is 82.3 Å². The first-order valence-corrected chi connectivity index (χ1v) is 12.1. The van der Waals surface area contributed by atoms with Crippen molar-refractivity contribution in [1.82, 2.24) is 0 Å². The second-order valence-electron chi connectivity index (χ2n) is 10.8. The number of hydrogen-bond donors (Lipinski definition) is 1. The molecule has 3 aliphatic rings. The average Bonchev–Trinajstić information content (AvgIpc) is 3.09. The van der Waals surface area contributed by atoms with E-state index in [4.69, 9.17) is 15.1 Å². The molecule has 0 aromatic heterocycles. The van der Waals surface area contributed by atoms with E-state index < -0.39 is 5.41 Å². The molecule has 0 saturated carbocycles. The lowest BCUT2D eigenvalue weighted by Gasteiger charge is -2.39. The van der Waals surface area contributed by atoms with Crippen LogP contribution in [0.15, 0.2) is 84.6 Å². The van der Waals surface area contributed by atoms with Crippen LogP contribution >= 0.6 is 0 Å². The molecule has 34 heavy (non-hydrogen) atoms. The summed E-state index contributed by atoms with van der Waals surface area (Å²) >= 11 is 0. The van der Waals surface area contributed by atoms with Gasteiger partial charge in [-0.05, 0) is 52.9 Å². The van der Waals surface area contributed by atoms with E-state index in [1.807, 2.05) is 31.2 Å². The van der Waals surface area contributed by atoms with E-state index >= 15 is 0 Å². The van der Waals surface area contributed by atoms with Gasteiger partial charge in [0.2, 0.25) is 0 Å². The van der Waals surface area contributed by atoms with Gasteiger partial charge in [0.1, 0.15) is 11.5 Å². The number of ether oxygens (including phenoxy) is 1. The minimum absolute atomic E-state index is 0.134. The van der Waals surface area contributed by atoms with Crippen LogP contribution in [0.5, 0.6) is 17.2 Å². The summed E-state index contributed by atoms with van der Waals surface area (Å²) in [6.45, 7) is 11.3. The first kappa shape index (κ1) is 21.2. The van der Waals surface area contributed by atoms with Crippen LogP contribution in [0.25, 0.3) is 5.57 Å². The maximum atomic E-state index is 7.14. The van der Waals surface area contributed by atoms with Crippen molar-refractivity contribution >= 4 is 12.5 Å². The Morgan fingerprint density at radius 1 is 0.824 bits per heavy atom. The largest absolute Gasteiger partial charge is 0.560 e. The molecular weight excluding hydrogens is 417 g/mol. The van der Waals surface area contributed by atoms with Gasteiger partial charge in [-0.15, -0.1) is 0 Å². The normalized spacial score (nSPS) is 20.1. The van der Waals surface area contributed by atoms with Gasteiger partial charge in [0.05, 0.1) is 11.2 Å². The predicted octanol–water partition coefficient (Wildman–Crippen LogP) is 7.33. The van der Waals surface area contributed by atoms with Gasteiger partial charge in [0, 0.05) is 22.4 Å². The fraction of sp³-hybridized carbons (Fsp3) is 0.267. The van der Waals surface area contributed by atoms with Gasteiger partial charge in [-0.25, -0.2) is 0 Å². The third-order valence-electron chi connectivity index (χ3n) is 8.66. The number of fused-ring (bicyclic) bond motifs is 6. The average molecular weight is 447 g/mol. The Hall–Kier alpha value is -3.40. The fourth-order valence-corrected chi connectivity index (χ4v) is 6.12. The summed E-state index contributed by atoms with van der Waals surface area (Å²) in [6, 6.07) is 23.0. The monoisotopic (exact) mass is 447 g/mol. The van der Waals surface area contributed by atoms with Crippen LogP contribution in [-0.2, 0) is 5.41 Å². The van der Waals surface area contributed by atoms with Gasteiger partial charge < -0.3 is 15.1 Å². The number of benzene rings is 3. The predicted molar refractivity (Wildman–Crippen MR) is 140 cm³/mol. The van der Waals surface area contributed by atoms with Crippen molar-refractivity contribution in [1.29, 1.82) is 0 Å². The van der Waals surface area contributed by atoms with Crippen molar-refractivity contribution in [2.75, 3.05) is 0 Å². The maximum Gasteiger partial charge on any atom is 0.369 e. The third-order valence-corrected chi connectivity index (χ3v) is 8.66. The van der Waals surface area contributed by atoms with E-state index in [9.17, 15) is 0 Å². The highest BCUT2D eigenvalue weighted by Gasteiger charge is 2.72. The molecule has 1 fully saturated rings. The molecule has 2 aliphatic heterocycles. The minimum Gasteiger partial charge on any atom is -0.560 e. The zero-order valence-corrected chi connectivity index (χ0v) is 20.5. The molecule has 3 nitrogen and oxygen atoms in total. The molecule has 1 spiro atoms. The lowest BCUT2D eigenvalue weighted by Crippen LogP contribution is -2.36. The molecule has 1 saturated heterocycles. The van der Waals surface area contributed by atoms with Crippen LogP contribution in [0.1, 0.15) is 56.9 Å². The number of para-hydroxylation sites is 2. The van der Waals surface area contributed by atoms with Gasteiger partial charge in [0.25, 0.3) is 0 Å². The van der Waals surface area contributed by atoms with Gasteiger partial charge in [0.15, 0.2) is 0 Å². The topological polar surface area (TPSA) is 44.5 Å². The molecule has 1 aliphatic carbocycles. The smallest absolute Gasteiger partial charge is 0.369 e. The van der Waals surface area contributed by atoms with Crippen molar-refractivity contribution in [2.45, 2.75) is 50.7 Å². The lowest BCUT2D eigenvalue weighted by atomic mass is 9.67. The van der Waals surface area contributed by atoms with Crippen LogP contribution in [0, 0.1) is 0 Å². The molecule has 0 bridgehead atoms. The molecule has 2 heterocycles. The van der Waals surface area contributed by atoms with Gasteiger partial charge in [-0.2, -0.15) is 0 Å². The molecule has 6 rings (SSSR count). The van der Waals surface area contributed by atoms with Crippen molar-refractivity contribution in [3.05, 3.63) is 107 Å². The Morgan fingerprint density at radius 2 is 1.41 bits per heavy atom. The molecule has 3 aromatic rings. The van der Waals surface area contributed by atoms with Crippen LogP contribution < -0.4 is 15.1 Å². The third kappa shape index (κ3) is 2.49. The molecule has 0 amide bonds. The summed E-state index contributed by atoms with van der Waals surface area (Å²) in [7, 11) is 0. The first-order valence-electron chi connectivity index (χ1n) is 12.1. The molecule has 0 atom stereocenters. The standard InChI is InChI=1S/C30H30BNO2/c1-6-11-21-20-17-16-19(34-31-28(2,3)29(31,4)5)18-24(20)30(27(21)32)22-12-7-9-14-25(22)33-26-15-10-8-13-23(26)30/h6-18H,32H2,1-5H3/b11-6-. The van der Waals surface area contributed by atoms with Crippen molar-refractivity contribution in [3.8, 4) is 17.2 Å². The maximum absolute atomic E-state index is 7.14. The number of hydrogen-bond acceptors (Lipinski definition) is 3. The van der Waals surface area contributed by atoms with Crippen LogP contribution in [-0.4, -0.2) is 6.92 Å². The molecule has 4 heteroatoms. The highest BCUT2D eigenvalue weighted by molar-refractivity contribution is 6.73. The summed E-state index contributed by atoms with van der Waals surface area (Å²) in [5.74, 6) is 2.57. The Labute approximate surface area is 202 Å². The number of rotatable bonds is 3. The second kappa shape index (κ2) is 6.82.